The number of rotatable bonds is 6. The van der Waals surface area contributed by atoms with Gasteiger partial charge in [0.05, 0.1) is 19.3 Å². The van der Waals surface area contributed by atoms with Crippen LogP contribution in [0.5, 0.6) is 0 Å². The Balaban J connectivity index is 2.77. The number of aliphatic hydroxyl groups is 4. The smallest absolute Gasteiger partial charge is 0.312 e. The Morgan fingerprint density at radius 1 is 1.42 bits per heavy atom. The van der Waals surface area contributed by atoms with Gasteiger partial charge in [-0.25, -0.2) is 0 Å². The highest BCUT2D eigenvalue weighted by atomic mass is 19.3. The van der Waals surface area contributed by atoms with Crippen LogP contribution in [-0.4, -0.2) is 70.1 Å². The summed E-state index contributed by atoms with van der Waals surface area (Å²) in [4.78, 5) is 0. The Morgan fingerprint density at radius 3 is 2.58 bits per heavy atom. The maximum absolute atomic E-state index is 13.9. The van der Waals surface area contributed by atoms with Crippen LogP contribution in [0.15, 0.2) is 0 Å². The monoisotopic (exact) mass is 285 g/mol. The fourth-order valence-electron chi connectivity index (χ4n) is 1.96. The van der Waals surface area contributed by atoms with E-state index in [1.807, 2.05) is 0 Å². The largest absolute Gasteiger partial charge is 0.394 e. The maximum atomic E-state index is 13.9. The summed E-state index contributed by atoms with van der Waals surface area (Å²) in [5, 5.41) is 40.2. The number of hydrogen-bond acceptors (Lipinski definition) is 6. The van der Waals surface area contributed by atoms with Crippen molar-refractivity contribution >= 4 is 0 Å². The lowest BCUT2D eigenvalue weighted by atomic mass is 9.91. The van der Waals surface area contributed by atoms with Crippen LogP contribution in [0.2, 0.25) is 0 Å². The van der Waals surface area contributed by atoms with Crippen molar-refractivity contribution in [2.45, 2.75) is 49.8 Å². The molecule has 1 aliphatic heterocycles. The first-order chi connectivity index (χ1) is 8.77. The molecule has 0 amide bonds. The van der Waals surface area contributed by atoms with E-state index in [0.29, 0.717) is 13.0 Å². The molecule has 19 heavy (non-hydrogen) atoms. The summed E-state index contributed by atoms with van der Waals surface area (Å²) in [6, 6.07) is 0. The van der Waals surface area contributed by atoms with Crippen LogP contribution in [0, 0.1) is 0 Å². The van der Waals surface area contributed by atoms with E-state index < -0.39 is 49.6 Å². The van der Waals surface area contributed by atoms with Gasteiger partial charge in [-0.05, 0) is 13.0 Å². The van der Waals surface area contributed by atoms with Crippen LogP contribution in [0.4, 0.5) is 8.78 Å². The predicted molar refractivity (Wildman–Crippen MR) is 61.6 cm³/mol. The van der Waals surface area contributed by atoms with Gasteiger partial charge in [-0.3, -0.25) is 0 Å². The second-order valence-corrected chi connectivity index (χ2v) is 4.77. The lowest BCUT2D eigenvalue weighted by Crippen LogP contribution is -2.65. The highest BCUT2D eigenvalue weighted by Crippen LogP contribution is 2.39. The van der Waals surface area contributed by atoms with Crippen molar-refractivity contribution in [2.75, 3.05) is 19.7 Å². The Kier molecular flexibility index (Phi) is 5.60. The third kappa shape index (κ3) is 3.59. The number of ether oxygens (including phenoxy) is 1. The molecule has 1 fully saturated rings. The topological polar surface area (TPSA) is 102 Å². The van der Waals surface area contributed by atoms with E-state index in [4.69, 9.17) is 9.84 Å². The molecule has 6 nitrogen and oxygen atoms in total. The van der Waals surface area contributed by atoms with Gasteiger partial charge in [0, 0.05) is 6.42 Å². The van der Waals surface area contributed by atoms with E-state index in [2.05, 4.69) is 5.32 Å². The molecule has 0 aromatic carbocycles. The number of halogens is 2. The summed E-state index contributed by atoms with van der Waals surface area (Å²) in [6.07, 6.45) is -4.73. The zero-order valence-corrected chi connectivity index (χ0v) is 10.7. The molecule has 1 heterocycles. The molecular weight excluding hydrogens is 264 g/mol. The molecule has 0 radical (unpaired) electrons. The Hall–Kier alpha value is -0.380. The zero-order chi connectivity index (χ0) is 14.7. The van der Waals surface area contributed by atoms with Crippen LogP contribution < -0.4 is 5.32 Å². The van der Waals surface area contributed by atoms with E-state index in [9.17, 15) is 24.1 Å². The van der Waals surface area contributed by atoms with Gasteiger partial charge in [0.2, 0.25) is 5.79 Å². The highest BCUT2D eigenvalue weighted by Gasteiger charge is 2.59. The second kappa shape index (κ2) is 6.38. The Labute approximate surface area is 110 Å². The zero-order valence-electron chi connectivity index (χ0n) is 10.7. The first-order valence-electron chi connectivity index (χ1n) is 6.23. The molecule has 0 spiro atoms. The van der Waals surface area contributed by atoms with Crippen molar-refractivity contribution in [1.29, 1.82) is 0 Å². The van der Waals surface area contributed by atoms with Crippen molar-refractivity contribution in [3.63, 3.8) is 0 Å². The lowest BCUT2D eigenvalue weighted by Gasteiger charge is -2.45. The van der Waals surface area contributed by atoms with E-state index in [1.165, 1.54) is 0 Å². The number of alkyl halides is 2. The van der Waals surface area contributed by atoms with Crippen molar-refractivity contribution in [1.82, 2.24) is 5.32 Å². The first kappa shape index (κ1) is 16.7. The molecule has 0 saturated carbocycles. The molecule has 1 aliphatic rings. The molecule has 3 unspecified atom stereocenters. The number of nitrogens with one attached hydrogen (secondary N) is 1. The fraction of sp³-hybridized carbons (Fsp3) is 1.00. The molecule has 8 heteroatoms. The van der Waals surface area contributed by atoms with E-state index in [0.717, 1.165) is 0 Å². The van der Waals surface area contributed by atoms with Crippen LogP contribution in [-0.2, 0) is 4.74 Å². The number of aliphatic hydroxyl groups excluding tert-OH is 3. The average molecular weight is 285 g/mol. The van der Waals surface area contributed by atoms with Crippen LogP contribution in [0.3, 0.4) is 0 Å². The minimum atomic E-state index is -3.66. The van der Waals surface area contributed by atoms with E-state index >= 15 is 0 Å². The van der Waals surface area contributed by atoms with Crippen molar-refractivity contribution in [3.8, 4) is 0 Å². The van der Waals surface area contributed by atoms with Gasteiger partial charge in [-0.2, -0.15) is 8.78 Å². The molecule has 1 saturated heterocycles. The minimum Gasteiger partial charge on any atom is -0.394 e. The Morgan fingerprint density at radius 2 is 2.05 bits per heavy atom. The summed E-state index contributed by atoms with van der Waals surface area (Å²) in [5.41, 5.74) is 0. The van der Waals surface area contributed by atoms with Gasteiger partial charge >= 0.3 is 5.92 Å². The van der Waals surface area contributed by atoms with Crippen molar-refractivity contribution < 1.29 is 33.9 Å². The minimum absolute atomic E-state index is 0.347. The quantitative estimate of drug-likeness (QED) is 0.393. The van der Waals surface area contributed by atoms with E-state index in [-0.39, 0.29) is 0 Å². The van der Waals surface area contributed by atoms with Crippen LogP contribution >= 0.6 is 0 Å². The summed E-state index contributed by atoms with van der Waals surface area (Å²) in [7, 11) is 0. The van der Waals surface area contributed by atoms with Crippen molar-refractivity contribution in [3.05, 3.63) is 0 Å². The summed E-state index contributed by atoms with van der Waals surface area (Å²) < 4.78 is 32.5. The summed E-state index contributed by atoms with van der Waals surface area (Å²) >= 11 is 0. The molecule has 5 N–H and O–H groups in total. The fourth-order valence-corrected chi connectivity index (χ4v) is 1.96. The highest BCUT2D eigenvalue weighted by molar-refractivity contribution is 4.97. The molecule has 1 rings (SSSR count). The third-order valence-electron chi connectivity index (χ3n) is 3.13. The number of hydrogen-bond donors (Lipinski definition) is 5. The van der Waals surface area contributed by atoms with Crippen molar-refractivity contribution in [2.24, 2.45) is 0 Å². The van der Waals surface area contributed by atoms with Gasteiger partial charge < -0.3 is 30.5 Å². The Bertz CT molecular complexity index is 294. The first-order valence-corrected chi connectivity index (χ1v) is 6.23. The van der Waals surface area contributed by atoms with Gasteiger partial charge in [0.25, 0.3) is 0 Å². The normalized spacial score (nSPS) is 36.5. The van der Waals surface area contributed by atoms with Crippen LogP contribution in [0.1, 0.15) is 19.8 Å². The standard InChI is InChI=1S/C11H21F2NO5/c1-2-3-14-6-10(12,13)11(18)4-7(16)9(17)8(5-15)19-11/h7-9,14-18H,2-6H2,1H3/t7?,8-,9?,11?/m1/s1. The molecule has 114 valence electrons. The molecule has 0 aromatic rings. The van der Waals surface area contributed by atoms with Gasteiger partial charge in [0.15, 0.2) is 0 Å². The molecule has 0 aromatic heterocycles. The van der Waals surface area contributed by atoms with Gasteiger partial charge in [0.1, 0.15) is 12.2 Å². The molecule has 0 bridgehead atoms. The van der Waals surface area contributed by atoms with Gasteiger partial charge in [-0.1, -0.05) is 6.92 Å². The predicted octanol–water partition coefficient (Wildman–Crippen LogP) is -1.19. The summed E-state index contributed by atoms with van der Waals surface area (Å²) in [6.45, 7) is 0.552. The van der Waals surface area contributed by atoms with Crippen LogP contribution in [0.25, 0.3) is 0 Å². The molecule has 4 atom stereocenters. The van der Waals surface area contributed by atoms with E-state index in [1.54, 1.807) is 6.92 Å². The maximum Gasteiger partial charge on any atom is 0.312 e. The molecule has 0 aliphatic carbocycles. The SMILES string of the molecule is CCCNCC(F)(F)C1(O)CC(O)C(O)[C@@H](CO)O1. The summed E-state index contributed by atoms with van der Waals surface area (Å²) in [5.74, 6) is -6.57. The van der Waals surface area contributed by atoms with Gasteiger partial charge in [-0.15, -0.1) is 0 Å². The molecular formula is C11H21F2NO5. The average Bonchev–Trinajstić information content (AvgIpc) is 2.34. The lowest BCUT2D eigenvalue weighted by molar-refractivity contribution is -0.375. The second-order valence-electron chi connectivity index (χ2n) is 4.77. The third-order valence-corrected chi connectivity index (χ3v) is 3.13.